The molecule has 110 valence electrons. The lowest BCUT2D eigenvalue weighted by Crippen LogP contribution is -1.97. The molecular weight excluding hydrogens is 306 g/mol. The van der Waals surface area contributed by atoms with E-state index in [9.17, 15) is 10.1 Å². The molecule has 0 unspecified atom stereocenters. The van der Waals surface area contributed by atoms with Gasteiger partial charge in [0.1, 0.15) is 16.9 Å². The second-order valence-corrected chi connectivity index (χ2v) is 5.25. The van der Waals surface area contributed by atoms with Gasteiger partial charge in [-0.2, -0.15) is 0 Å². The van der Waals surface area contributed by atoms with Crippen LogP contribution in [0.5, 0.6) is 0 Å². The second kappa shape index (κ2) is 5.45. The van der Waals surface area contributed by atoms with Crippen molar-refractivity contribution in [1.29, 1.82) is 0 Å². The number of rotatable bonds is 4. The van der Waals surface area contributed by atoms with Crippen LogP contribution in [0.3, 0.4) is 0 Å². The number of imidazole rings is 2. The molecule has 0 fully saturated rings. The van der Waals surface area contributed by atoms with E-state index >= 15 is 0 Å². The van der Waals surface area contributed by atoms with Crippen molar-refractivity contribution in [1.82, 2.24) is 29.1 Å². The van der Waals surface area contributed by atoms with Gasteiger partial charge in [0, 0.05) is 7.05 Å². The SMILES string of the molecule is C#CCn1cnc2c(Sc3c([N+](=O)[O-])ncn3C)ncnc21. The average Bonchev–Trinajstić information content (AvgIpc) is 3.05. The lowest BCUT2D eigenvalue weighted by molar-refractivity contribution is -0.392. The van der Waals surface area contributed by atoms with Crippen molar-refractivity contribution >= 4 is 28.7 Å². The van der Waals surface area contributed by atoms with Gasteiger partial charge in [0.2, 0.25) is 6.33 Å². The summed E-state index contributed by atoms with van der Waals surface area (Å²) in [5, 5.41) is 11.9. The van der Waals surface area contributed by atoms with Crippen LogP contribution in [0, 0.1) is 22.5 Å². The number of aryl methyl sites for hydroxylation is 1. The molecule has 3 aromatic heterocycles. The van der Waals surface area contributed by atoms with Crippen LogP contribution in [-0.4, -0.2) is 34.0 Å². The van der Waals surface area contributed by atoms with E-state index in [1.165, 1.54) is 12.7 Å². The number of aromatic nitrogens is 6. The molecule has 3 rings (SSSR count). The summed E-state index contributed by atoms with van der Waals surface area (Å²) in [6, 6.07) is 0. The maximum Gasteiger partial charge on any atom is 0.396 e. The van der Waals surface area contributed by atoms with Gasteiger partial charge in [-0.1, -0.05) is 5.92 Å². The maximum atomic E-state index is 11.0. The molecule has 0 aliphatic carbocycles. The van der Waals surface area contributed by atoms with Gasteiger partial charge in [-0.15, -0.1) is 6.42 Å². The first-order valence-electron chi connectivity index (χ1n) is 6.04. The van der Waals surface area contributed by atoms with Gasteiger partial charge in [0.25, 0.3) is 0 Å². The molecule has 0 aromatic carbocycles. The van der Waals surface area contributed by atoms with E-state index in [0.717, 1.165) is 11.8 Å². The molecule has 0 radical (unpaired) electrons. The highest BCUT2D eigenvalue weighted by atomic mass is 32.2. The Labute approximate surface area is 128 Å². The first-order valence-corrected chi connectivity index (χ1v) is 6.86. The highest BCUT2D eigenvalue weighted by molar-refractivity contribution is 7.99. The minimum absolute atomic E-state index is 0.220. The lowest BCUT2D eigenvalue weighted by atomic mass is 10.5. The average molecular weight is 315 g/mol. The summed E-state index contributed by atoms with van der Waals surface area (Å²) in [4.78, 5) is 26.8. The van der Waals surface area contributed by atoms with Gasteiger partial charge in [-0.25, -0.2) is 15.0 Å². The Kier molecular flexibility index (Phi) is 3.48. The lowest BCUT2D eigenvalue weighted by Gasteiger charge is -2.02. The predicted molar refractivity (Wildman–Crippen MR) is 78.1 cm³/mol. The summed E-state index contributed by atoms with van der Waals surface area (Å²) in [5.74, 6) is 2.29. The van der Waals surface area contributed by atoms with Gasteiger partial charge in [-0.05, 0) is 21.7 Å². The molecule has 0 atom stereocenters. The molecule has 0 amide bonds. The largest absolute Gasteiger partial charge is 0.396 e. The van der Waals surface area contributed by atoms with Crippen LogP contribution in [0.2, 0.25) is 0 Å². The number of hydrogen-bond acceptors (Lipinski definition) is 7. The molecule has 0 aliphatic heterocycles. The fourth-order valence-corrected chi connectivity index (χ4v) is 2.82. The predicted octanol–water partition coefficient (Wildman–Crippen LogP) is 1.25. The van der Waals surface area contributed by atoms with E-state index in [1.54, 1.807) is 22.5 Å². The third-order valence-electron chi connectivity index (χ3n) is 2.86. The van der Waals surface area contributed by atoms with E-state index in [0.29, 0.717) is 27.8 Å². The van der Waals surface area contributed by atoms with Crippen LogP contribution < -0.4 is 0 Å². The minimum Gasteiger partial charge on any atom is -0.358 e. The number of nitrogens with zero attached hydrogens (tertiary/aromatic N) is 7. The Morgan fingerprint density at radius 1 is 1.36 bits per heavy atom. The van der Waals surface area contributed by atoms with Crippen molar-refractivity contribution in [3.8, 4) is 12.3 Å². The number of terminal acetylenes is 1. The summed E-state index contributed by atoms with van der Waals surface area (Å²) >= 11 is 1.12. The molecule has 9 nitrogen and oxygen atoms in total. The van der Waals surface area contributed by atoms with Crippen LogP contribution in [0.15, 0.2) is 29.0 Å². The Hall–Kier alpha value is -2.93. The third kappa shape index (κ3) is 2.27. The molecular formula is C12H9N7O2S. The van der Waals surface area contributed by atoms with E-state index in [1.807, 2.05) is 0 Å². The molecule has 0 bridgehead atoms. The first-order chi connectivity index (χ1) is 10.6. The Bertz CT molecular complexity index is 908. The Morgan fingerprint density at radius 3 is 2.91 bits per heavy atom. The fourth-order valence-electron chi connectivity index (χ4n) is 1.89. The molecule has 10 heteroatoms. The molecule has 0 saturated heterocycles. The smallest absolute Gasteiger partial charge is 0.358 e. The monoisotopic (exact) mass is 315 g/mol. The van der Waals surface area contributed by atoms with Crippen molar-refractivity contribution < 1.29 is 4.92 Å². The van der Waals surface area contributed by atoms with E-state index in [4.69, 9.17) is 6.42 Å². The molecule has 0 N–H and O–H groups in total. The Morgan fingerprint density at radius 2 is 2.18 bits per heavy atom. The number of hydrogen-bond donors (Lipinski definition) is 0. The van der Waals surface area contributed by atoms with Gasteiger partial charge in [0.15, 0.2) is 10.7 Å². The van der Waals surface area contributed by atoms with E-state index in [-0.39, 0.29) is 5.82 Å². The first kappa shape index (κ1) is 14.0. The molecule has 3 heterocycles. The number of nitro groups is 1. The van der Waals surface area contributed by atoms with Crippen LogP contribution in [-0.2, 0) is 13.6 Å². The summed E-state index contributed by atoms with van der Waals surface area (Å²) in [5.41, 5.74) is 1.12. The van der Waals surface area contributed by atoms with Crippen LogP contribution in [0.1, 0.15) is 0 Å². The maximum absolute atomic E-state index is 11.0. The summed E-state index contributed by atoms with van der Waals surface area (Å²) in [6.45, 7) is 0.337. The molecule has 0 saturated carbocycles. The van der Waals surface area contributed by atoms with Gasteiger partial charge >= 0.3 is 5.82 Å². The van der Waals surface area contributed by atoms with Crippen molar-refractivity contribution in [2.75, 3.05) is 0 Å². The standard InChI is InChI=1S/C12H9N7O2S/c1-3-4-18-7-15-8-9(18)13-5-14-11(8)22-12-10(19(20)21)16-6-17(12)2/h1,5-7H,4H2,2H3. The highest BCUT2D eigenvalue weighted by Gasteiger charge is 2.23. The fraction of sp³-hybridized carbons (Fsp3) is 0.167. The van der Waals surface area contributed by atoms with Crippen LogP contribution in [0.4, 0.5) is 5.82 Å². The zero-order valence-corrected chi connectivity index (χ0v) is 12.2. The quantitative estimate of drug-likeness (QED) is 0.309. The van der Waals surface area contributed by atoms with Crippen LogP contribution >= 0.6 is 11.8 Å². The van der Waals surface area contributed by atoms with Crippen molar-refractivity contribution in [2.24, 2.45) is 7.05 Å². The third-order valence-corrected chi connectivity index (χ3v) is 4.02. The normalized spacial score (nSPS) is 10.7. The van der Waals surface area contributed by atoms with Crippen molar-refractivity contribution in [3.63, 3.8) is 0 Å². The molecule has 22 heavy (non-hydrogen) atoms. The van der Waals surface area contributed by atoms with Crippen molar-refractivity contribution in [2.45, 2.75) is 16.6 Å². The van der Waals surface area contributed by atoms with Gasteiger partial charge in [0.05, 0.1) is 12.9 Å². The van der Waals surface area contributed by atoms with Gasteiger partial charge in [-0.3, -0.25) is 0 Å². The molecule has 0 aliphatic rings. The highest BCUT2D eigenvalue weighted by Crippen LogP contribution is 2.34. The van der Waals surface area contributed by atoms with Crippen molar-refractivity contribution in [3.05, 3.63) is 29.1 Å². The van der Waals surface area contributed by atoms with Crippen LogP contribution in [0.25, 0.3) is 11.2 Å². The molecule has 3 aromatic rings. The summed E-state index contributed by atoms with van der Waals surface area (Å²) in [6.07, 6.45) is 9.63. The van der Waals surface area contributed by atoms with E-state index in [2.05, 4.69) is 25.9 Å². The Balaban J connectivity index is 2.07. The topological polar surface area (TPSA) is 105 Å². The minimum atomic E-state index is -0.530. The summed E-state index contributed by atoms with van der Waals surface area (Å²) in [7, 11) is 1.68. The zero-order chi connectivity index (χ0) is 15.7. The number of fused-ring (bicyclic) bond motifs is 1. The molecule has 0 spiro atoms. The zero-order valence-electron chi connectivity index (χ0n) is 11.4. The van der Waals surface area contributed by atoms with Gasteiger partial charge < -0.3 is 19.2 Å². The van der Waals surface area contributed by atoms with E-state index < -0.39 is 4.92 Å². The summed E-state index contributed by atoms with van der Waals surface area (Å²) < 4.78 is 3.27. The second-order valence-electron chi connectivity index (χ2n) is 4.27.